The van der Waals surface area contributed by atoms with Gasteiger partial charge in [-0.25, -0.2) is 0 Å². The molecule has 2 N–H and O–H groups in total. The van der Waals surface area contributed by atoms with Gasteiger partial charge in [0.15, 0.2) is 0 Å². The van der Waals surface area contributed by atoms with Crippen LogP contribution in [0.25, 0.3) is 0 Å². The fourth-order valence-corrected chi connectivity index (χ4v) is 5.55. The Hall–Kier alpha value is -2.11. The van der Waals surface area contributed by atoms with Crippen LogP contribution in [-0.4, -0.2) is 52.9 Å². The van der Waals surface area contributed by atoms with E-state index in [2.05, 4.69) is 6.08 Å². The lowest BCUT2D eigenvalue weighted by atomic mass is 9.88. The number of carbonyl (C=O) groups is 1. The number of likely N-dealkylation sites (tertiary alicyclic amines) is 1. The second-order valence-corrected chi connectivity index (χ2v) is 9.61. The number of hydrogen-bond donors (Lipinski definition) is 2. The molecule has 1 aromatic rings. The maximum atomic E-state index is 12.2. The van der Waals surface area contributed by atoms with Crippen molar-refractivity contribution in [1.82, 2.24) is 4.90 Å². The van der Waals surface area contributed by atoms with Crippen LogP contribution >= 0.6 is 0 Å². The molecular formula is C27H37NO4. The summed E-state index contributed by atoms with van der Waals surface area (Å²) in [5.41, 5.74) is 1.48. The summed E-state index contributed by atoms with van der Waals surface area (Å²) in [5.74, 6) is 2.00. The van der Waals surface area contributed by atoms with Crippen LogP contribution in [0.15, 0.2) is 54.1 Å². The van der Waals surface area contributed by atoms with Crippen molar-refractivity contribution in [2.45, 2.75) is 63.6 Å². The average molecular weight is 440 g/mol. The van der Waals surface area contributed by atoms with Crippen molar-refractivity contribution in [2.75, 3.05) is 19.7 Å². The fraction of sp³-hybridized carbons (Fsp3) is 0.593. The molecule has 1 amide bonds. The van der Waals surface area contributed by atoms with Crippen molar-refractivity contribution < 1.29 is 19.7 Å². The number of unbranched alkanes of at least 4 members (excludes halogenated alkanes) is 1. The molecule has 1 aromatic carbocycles. The van der Waals surface area contributed by atoms with Crippen molar-refractivity contribution in [1.29, 1.82) is 0 Å². The molecule has 2 fully saturated rings. The molecule has 2 aliphatic carbocycles. The maximum Gasteiger partial charge on any atom is 0.222 e. The van der Waals surface area contributed by atoms with Crippen molar-refractivity contribution >= 4 is 5.91 Å². The third kappa shape index (κ3) is 6.02. The minimum atomic E-state index is -0.691. The van der Waals surface area contributed by atoms with Crippen LogP contribution < -0.4 is 4.74 Å². The summed E-state index contributed by atoms with van der Waals surface area (Å²) in [4.78, 5) is 14.2. The van der Waals surface area contributed by atoms with E-state index in [1.807, 2.05) is 41.3 Å². The van der Waals surface area contributed by atoms with E-state index in [9.17, 15) is 15.0 Å². The summed E-state index contributed by atoms with van der Waals surface area (Å²) in [6.45, 7) is 2.09. The minimum absolute atomic E-state index is 0.0804. The van der Waals surface area contributed by atoms with E-state index in [1.54, 1.807) is 6.08 Å². The number of aliphatic hydroxyl groups excluding tert-OH is 2. The highest BCUT2D eigenvalue weighted by Gasteiger charge is 2.43. The lowest BCUT2D eigenvalue weighted by Crippen LogP contribution is -2.27. The monoisotopic (exact) mass is 439 g/mol. The van der Waals surface area contributed by atoms with E-state index in [1.165, 1.54) is 5.57 Å². The van der Waals surface area contributed by atoms with Gasteiger partial charge >= 0.3 is 0 Å². The van der Waals surface area contributed by atoms with E-state index in [0.29, 0.717) is 24.2 Å². The topological polar surface area (TPSA) is 70.0 Å². The van der Waals surface area contributed by atoms with Crippen LogP contribution in [0.1, 0.15) is 51.4 Å². The first kappa shape index (κ1) is 23.1. The van der Waals surface area contributed by atoms with E-state index in [0.717, 1.165) is 63.8 Å². The number of amides is 1. The Kier molecular flexibility index (Phi) is 8.04. The highest BCUT2D eigenvalue weighted by atomic mass is 16.5. The summed E-state index contributed by atoms with van der Waals surface area (Å²) in [5, 5.41) is 20.8. The van der Waals surface area contributed by atoms with Crippen LogP contribution in [0, 0.1) is 17.8 Å². The Bertz CT molecular complexity index is 799. The molecule has 1 saturated heterocycles. The summed E-state index contributed by atoms with van der Waals surface area (Å²) >= 11 is 0. The third-order valence-corrected chi connectivity index (χ3v) is 7.27. The number of ether oxygens (including phenoxy) is 1. The summed E-state index contributed by atoms with van der Waals surface area (Å²) in [6, 6.07) is 9.48. The van der Waals surface area contributed by atoms with E-state index >= 15 is 0 Å². The molecule has 174 valence electrons. The zero-order valence-corrected chi connectivity index (χ0v) is 18.9. The normalized spacial score (nSPS) is 28.2. The molecule has 4 rings (SSSR count). The van der Waals surface area contributed by atoms with Gasteiger partial charge in [-0.05, 0) is 68.9 Å². The van der Waals surface area contributed by atoms with Crippen molar-refractivity contribution in [3.8, 4) is 5.75 Å². The Morgan fingerprint density at radius 3 is 2.75 bits per heavy atom. The van der Waals surface area contributed by atoms with Crippen LogP contribution in [-0.2, 0) is 4.79 Å². The molecule has 5 nitrogen and oxygen atoms in total. The molecule has 0 aromatic heterocycles. The third-order valence-electron chi connectivity index (χ3n) is 7.27. The summed E-state index contributed by atoms with van der Waals surface area (Å²) in [6.07, 6.45) is 13.0. The number of allylic oxidation sites excluding steroid dienone is 2. The molecule has 3 aliphatic rings. The number of benzene rings is 1. The largest absolute Gasteiger partial charge is 0.491 e. The predicted octanol–water partition coefficient (Wildman–Crippen LogP) is 4.11. The fourth-order valence-electron chi connectivity index (χ4n) is 5.55. The van der Waals surface area contributed by atoms with Gasteiger partial charge < -0.3 is 19.8 Å². The molecule has 1 heterocycles. The number of fused-ring (bicyclic) bond motifs is 1. The first-order valence-corrected chi connectivity index (χ1v) is 12.3. The molecule has 1 aliphatic heterocycles. The van der Waals surface area contributed by atoms with Gasteiger partial charge in [0.05, 0.1) is 6.10 Å². The molecule has 0 radical (unpaired) electrons. The van der Waals surface area contributed by atoms with Crippen molar-refractivity contribution in [2.24, 2.45) is 17.8 Å². The van der Waals surface area contributed by atoms with Gasteiger partial charge in [-0.15, -0.1) is 0 Å². The van der Waals surface area contributed by atoms with E-state index in [4.69, 9.17) is 4.74 Å². The highest BCUT2D eigenvalue weighted by Crippen LogP contribution is 2.48. The van der Waals surface area contributed by atoms with Gasteiger partial charge in [-0.1, -0.05) is 42.0 Å². The van der Waals surface area contributed by atoms with E-state index in [-0.39, 0.29) is 18.6 Å². The molecule has 32 heavy (non-hydrogen) atoms. The van der Waals surface area contributed by atoms with Crippen LogP contribution in [0.4, 0.5) is 0 Å². The maximum absolute atomic E-state index is 12.2. The lowest BCUT2D eigenvalue weighted by molar-refractivity contribution is -0.130. The molecule has 5 heteroatoms. The van der Waals surface area contributed by atoms with Crippen LogP contribution in [0.3, 0.4) is 0 Å². The SMILES string of the molecule is O=C(CCCCC1=C[C@H]2C[C@@H](O)[C@H](C=C[C@@H](O)COc3ccccc3)[C@H]2C1)N1CCCC1. The molecule has 1 saturated carbocycles. The first-order chi connectivity index (χ1) is 15.6. The van der Waals surface area contributed by atoms with Crippen molar-refractivity contribution in [3.63, 3.8) is 0 Å². The molecule has 5 atom stereocenters. The second kappa shape index (κ2) is 11.2. The number of aliphatic hydroxyl groups is 2. The van der Waals surface area contributed by atoms with Gasteiger partial charge in [0, 0.05) is 25.4 Å². The highest BCUT2D eigenvalue weighted by molar-refractivity contribution is 5.76. The van der Waals surface area contributed by atoms with Gasteiger partial charge in [-0.2, -0.15) is 0 Å². The van der Waals surface area contributed by atoms with Crippen LogP contribution in [0.2, 0.25) is 0 Å². The average Bonchev–Trinajstić information content (AvgIpc) is 3.52. The Labute approximate surface area is 191 Å². The zero-order valence-electron chi connectivity index (χ0n) is 18.9. The molecule has 0 spiro atoms. The number of para-hydroxylation sites is 1. The number of carbonyl (C=O) groups excluding carboxylic acids is 1. The Morgan fingerprint density at radius 2 is 1.97 bits per heavy atom. The summed E-state index contributed by atoms with van der Waals surface area (Å²) in [7, 11) is 0. The minimum Gasteiger partial charge on any atom is -0.491 e. The first-order valence-electron chi connectivity index (χ1n) is 12.3. The van der Waals surface area contributed by atoms with Gasteiger partial charge in [-0.3, -0.25) is 4.79 Å². The molecule has 0 bridgehead atoms. The predicted molar refractivity (Wildman–Crippen MR) is 125 cm³/mol. The number of nitrogens with zero attached hydrogens (tertiary/aromatic N) is 1. The van der Waals surface area contributed by atoms with Crippen LogP contribution in [0.5, 0.6) is 5.75 Å². The van der Waals surface area contributed by atoms with Crippen molar-refractivity contribution in [3.05, 3.63) is 54.1 Å². The Morgan fingerprint density at radius 1 is 1.19 bits per heavy atom. The smallest absolute Gasteiger partial charge is 0.222 e. The Balaban J connectivity index is 1.18. The van der Waals surface area contributed by atoms with Gasteiger partial charge in [0.2, 0.25) is 5.91 Å². The molecular weight excluding hydrogens is 402 g/mol. The standard InChI is InChI=1S/C27H37NO4/c29-22(19-32-23-9-2-1-3-10-23)12-13-24-25-17-20(16-21(25)18-26(24)30)8-4-5-11-27(31)28-14-6-7-15-28/h1-3,9-10,12-13,16,21-22,24-26,29-30H,4-8,11,14-15,17-19H2/t21-,22+,24+,25-,26+/m0/s1. The lowest BCUT2D eigenvalue weighted by Gasteiger charge is -2.19. The van der Waals surface area contributed by atoms with Gasteiger partial charge in [0.1, 0.15) is 18.5 Å². The van der Waals surface area contributed by atoms with Gasteiger partial charge in [0.25, 0.3) is 0 Å². The summed E-state index contributed by atoms with van der Waals surface area (Å²) < 4.78 is 5.62. The molecule has 0 unspecified atom stereocenters. The number of rotatable bonds is 10. The zero-order chi connectivity index (χ0) is 22.3. The number of hydrogen-bond acceptors (Lipinski definition) is 4. The van der Waals surface area contributed by atoms with E-state index < -0.39 is 6.10 Å². The quantitative estimate of drug-likeness (QED) is 0.425. The second-order valence-electron chi connectivity index (χ2n) is 9.61.